The van der Waals surface area contributed by atoms with Crippen molar-refractivity contribution in [3.8, 4) is 11.4 Å². The first kappa shape index (κ1) is 27.1. The largest absolute Gasteiger partial charge is 0.352 e. The van der Waals surface area contributed by atoms with Gasteiger partial charge in [-0.25, -0.2) is 0 Å². The van der Waals surface area contributed by atoms with Gasteiger partial charge in [-0.05, 0) is 81.2 Å². The van der Waals surface area contributed by atoms with Crippen LogP contribution in [0.5, 0.6) is 0 Å². The second kappa shape index (κ2) is 13.1. The number of halogens is 2. The monoisotopic (exact) mass is 555 g/mol. The number of aromatic nitrogens is 2. The van der Waals surface area contributed by atoms with Crippen molar-refractivity contribution in [3.63, 3.8) is 0 Å². The topological polar surface area (TPSA) is 74.5 Å². The third-order valence-electron chi connectivity index (χ3n) is 7.55. The van der Waals surface area contributed by atoms with Crippen molar-refractivity contribution in [2.24, 2.45) is 5.92 Å². The van der Waals surface area contributed by atoms with E-state index in [-0.39, 0.29) is 11.8 Å². The minimum Gasteiger partial charge on any atom is -0.352 e. The van der Waals surface area contributed by atoms with Gasteiger partial charge in [-0.15, -0.1) is 0 Å². The Morgan fingerprint density at radius 2 is 1.58 bits per heavy atom. The van der Waals surface area contributed by atoms with Crippen LogP contribution < -0.4 is 5.32 Å². The molecule has 7 nitrogen and oxygen atoms in total. The highest BCUT2D eigenvalue weighted by Gasteiger charge is 2.26. The Bertz CT molecular complexity index is 1200. The third kappa shape index (κ3) is 7.35. The van der Waals surface area contributed by atoms with E-state index in [9.17, 15) is 4.79 Å². The van der Waals surface area contributed by atoms with Gasteiger partial charge in [-0.1, -0.05) is 65.5 Å². The van der Waals surface area contributed by atoms with Crippen molar-refractivity contribution < 1.29 is 9.32 Å². The SMILES string of the molecule is O=C(NCc1ccc(CN2CCCCCC2)cc1)C1CCN(Cc2nc(-c3ccc(Cl)cc3Cl)no2)CC1. The Morgan fingerprint density at radius 1 is 0.895 bits per heavy atom. The molecule has 0 radical (unpaired) electrons. The average Bonchev–Trinajstić information content (AvgIpc) is 3.22. The molecular weight excluding hydrogens is 521 g/mol. The molecule has 1 amide bonds. The van der Waals surface area contributed by atoms with Gasteiger partial charge in [0.1, 0.15) is 0 Å². The van der Waals surface area contributed by atoms with Crippen molar-refractivity contribution in [1.82, 2.24) is 25.3 Å². The molecule has 38 heavy (non-hydrogen) atoms. The molecular formula is C29H35Cl2N5O2. The van der Waals surface area contributed by atoms with E-state index in [4.69, 9.17) is 27.7 Å². The summed E-state index contributed by atoms with van der Waals surface area (Å²) < 4.78 is 5.45. The molecule has 0 aliphatic carbocycles. The summed E-state index contributed by atoms with van der Waals surface area (Å²) in [6.07, 6.45) is 6.94. The molecule has 3 heterocycles. The minimum atomic E-state index is 0.0275. The van der Waals surface area contributed by atoms with Crippen LogP contribution in [0.2, 0.25) is 10.0 Å². The number of likely N-dealkylation sites (tertiary alicyclic amines) is 2. The highest BCUT2D eigenvalue weighted by Crippen LogP contribution is 2.29. The van der Waals surface area contributed by atoms with Gasteiger partial charge in [0.15, 0.2) is 0 Å². The van der Waals surface area contributed by atoms with E-state index in [1.165, 1.54) is 44.3 Å². The molecule has 1 aromatic heterocycles. The van der Waals surface area contributed by atoms with Crippen LogP contribution in [0.1, 0.15) is 55.5 Å². The molecule has 2 aliphatic rings. The number of hydrogen-bond acceptors (Lipinski definition) is 6. The van der Waals surface area contributed by atoms with Gasteiger partial charge in [-0.3, -0.25) is 14.6 Å². The maximum atomic E-state index is 12.8. The number of benzene rings is 2. The summed E-state index contributed by atoms with van der Waals surface area (Å²) in [5.74, 6) is 1.15. The van der Waals surface area contributed by atoms with Gasteiger partial charge < -0.3 is 9.84 Å². The fourth-order valence-corrected chi connectivity index (χ4v) is 5.79. The van der Waals surface area contributed by atoms with E-state index in [1.807, 2.05) is 0 Å². The third-order valence-corrected chi connectivity index (χ3v) is 8.10. The maximum Gasteiger partial charge on any atom is 0.241 e. The lowest BCUT2D eigenvalue weighted by molar-refractivity contribution is -0.126. The molecule has 0 saturated carbocycles. The lowest BCUT2D eigenvalue weighted by Crippen LogP contribution is -2.40. The van der Waals surface area contributed by atoms with Crippen LogP contribution in [0.25, 0.3) is 11.4 Å². The Kier molecular flexibility index (Phi) is 9.33. The predicted octanol–water partition coefficient (Wildman–Crippen LogP) is 5.95. The van der Waals surface area contributed by atoms with E-state index in [0.29, 0.717) is 40.4 Å². The molecule has 1 N–H and O–H groups in total. The smallest absolute Gasteiger partial charge is 0.241 e. The predicted molar refractivity (Wildman–Crippen MR) is 150 cm³/mol. The zero-order chi connectivity index (χ0) is 26.3. The van der Waals surface area contributed by atoms with Crippen LogP contribution in [0.15, 0.2) is 47.0 Å². The first-order valence-electron chi connectivity index (χ1n) is 13.6. The van der Waals surface area contributed by atoms with E-state index in [1.54, 1.807) is 18.2 Å². The Balaban J connectivity index is 1.04. The molecule has 202 valence electrons. The summed E-state index contributed by atoms with van der Waals surface area (Å²) in [5, 5.41) is 8.26. The average molecular weight is 557 g/mol. The van der Waals surface area contributed by atoms with Crippen molar-refractivity contribution in [3.05, 3.63) is 69.5 Å². The van der Waals surface area contributed by atoms with Crippen LogP contribution in [0, 0.1) is 5.92 Å². The fourth-order valence-electron chi connectivity index (χ4n) is 5.29. The first-order valence-corrected chi connectivity index (χ1v) is 14.4. The molecule has 2 saturated heterocycles. The molecule has 0 bridgehead atoms. The second-order valence-corrected chi connectivity index (χ2v) is 11.3. The van der Waals surface area contributed by atoms with Gasteiger partial charge in [0.05, 0.1) is 11.6 Å². The van der Waals surface area contributed by atoms with Crippen LogP contribution in [0.3, 0.4) is 0 Å². The number of nitrogens with one attached hydrogen (secondary N) is 1. The van der Waals surface area contributed by atoms with Gasteiger partial charge >= 0.3 is 0 Å². The molecule has 0 atom stereocenters. The normalized spacial score (nSPS) is 17.8. The van der Waals surface area contributed by atoms with Gasteiger partial charge in [0.25, 0.3) is 0 Å². The number of hydrogen-bond donors (Lipinski definition) is 1. The van der Waals surface area contributed by atoms with Gasteiger partial charge in [-0.2, -0.15) is 4.98 Å². The van der Waals surface area contributed by atoms with Crippen molar-refractivity contribution in [1.29, 1.82) is 0 Å². The summed E-state index contributed by atoms with van der Waals surface area (Å²) in [5.41, 5.74) is 3.18. The number of carbonyl (C=O) groups excluding carboxylic acids is 1. The fraction of sp³-hybridized carbons (Fsp3) is 0.483. The van der Waals surface area contributed by atoms with Crippen LogP contribution in [-0.4, -0.2) is 52.0 Å². The summed E-state index contributed by atoms with van der Waals surface area (Å²) in [4.78, 5) is 22.1. The Labute approximate surface area is 234 Å². The molecule has 2 fully saturated rings. The van der Waals surface area contributed by atoms with Crippen LogP contribution in [-0.2, 0) is 24.4 Å². The summed E-state index contributed by atoms with van der Waals surface area (Å²) in [7, 11) is 0. The standard InChI is InChI=1S/C29H35Cl2N5O2/c30-24-9-10-25(26(31)17-24)28-33-27(38-34-28)20-36-15-11-23(12-16-36)29(37)32-18-21-5-7-22(8-6-21)19-35-13-3-1-2-4-14-35/h5-10,17,23H,1-4,11-16,18-20H2,(H,32,37). The molecule has 2 aliphatic heterocycles. The Hall–Kier alpha value is -2.45. The second-order valence-electron chi connectivity index (χ2n) is 10.4. The summed E-state index contributed by atoms with van der Waals surface area (Å²) >= 11 is 12.2. The molecule has 0 spiro atoms. The van der Waals surface area contributed by atoms with E-state index in [2.05, 4.69) is 49.5 Å². The first-order chi connectivity index (χ1) is 18.5. The van der Waals surface area contributed by atoms with E-state index >= 15 is 0 Å². The zero-order valence-electron chi connectivity index (χ0n) is 21.7. The zero-order valence-corrected chi connectivity index (χ0v) is 23.2. The number of amides is 1. The maximum absolute atomic E-state index is 12.8. The minimum absolute atomic E-state index is 0.0275. The molecule has 0 unspecified atom stereocenters. The van der Waals surface area contributed by atoms with Crippen molar-refractivity contribution in [2.45, 2.75) is 58.2 Å². The van der Waals surface area contributed by atoms with Crippen molar-refractivity contribution in [2.75, 3.05) is 26.2 Å². The number of rotatable bonds is 8. The van der Waals surface area contributed by atoms with Gasteiger partial charge in [0.2, 0.25) is 17.6 Å². The quantitative estimate of drug-likeness (QED) is 0.370. The molecule has 5 rings (SSSR count). The molecule has 2 aromatic carbocycles. The highest BCUT2D eigenvalue weighted by atomic mass is 35.5. The van der Waals surface area contributed by atoms with E-state index in [0.717, 1.165) is 38.0 Å². The van der Waals surface area contributed by atoms with E-state index < -0.39 is 0 Å². The van der Waals surface area contributed by atoms with Gasteiger partial charge in [0, 0.05) is 29.6 Å². The number of carbonyl (C=O) groups is 1. The lowest BCUT2D eigenvalue weighted by atomic mass is 9.96. The Morgan fingerprint density at radius 3 is 2.29 bits per heavy atom. The lowest BCUT2D eigenvalue weighted by Gasteiger charge is -2.30. The molecule has 3 aromatic rings. The number of piperidine rings is 1. The van der Waals surface area contributed by atoms with Crippen LogP contribution in [0.4, 0.5) is 0 Å². The summed E-state index contributed by atoms with van der Waals surface area (Å²) in [6, 6.07) is 13.9. The van der Waals surface area contributed by atoms with Crippen molar-refractivity contribution >= 4 is 29.1 Å². The molecule has 9 heteroatoms. The van der Waals surface area contributed by atoms with Crippen LogP contribution >= 0.6 is 23.2 Å². The summed E-state index contributed by atoms with van der Waals surface area (Å²) in [6.45, 7) is 6.16. The highest BCUT2D eigenvalue weighted by molar-refractivity contribution is 6.36. The number of nitrogens with zero attached hydrogens (tertiary/aromatic N) is 4.